The minimum atomic E-state index is -3.41. The molecule has 3 aromatic rings. The van der Waals surface area contributed by atoms with E-state index in [0.717, 1.165) is 38.4 Å². The zero-order valence-corrected chi connectivity index (χ0v) is 20.4. The SMILES string of the molecule is Cc1ccc(C(=O)C2=C(O)C(=O)N(c3nc4ccc(S(C)(=O)=O)cc4s3)C2C2CCCCC2)o1. The number of aromatic nitrogens is 1. The number of nitrogens with zero attached hydrogens (tertiary/aromatic N) is 2. The molecule has 178 valence electrons. The van der Waals surface area contributed by atoms with Crippen LogP contribution in [-0.2, 0) is 14.6 Å². The van der Waals surface area contributed by atoms with Crippen molar-refractivity contribution < 1.29 is 27.5 Å². The van der Waals surface area contributed by atoms with Crippen LogP contribution in [0.2, 0.25) is 0 Å². The second-order valence-electron chi connectivity index (χ2n) is 8.92. The molecule has 3 heterocycles. The van der Waals surface area contributed by atoms with Crippen molar-refractivity contribution in [2.75, 3.05) is 11.2 Å². The van der Waals surface area contributed by atoms with E-state index < -0.39 is 33.3 Å². The highest BCUT2D eigenvalue weighted by molar-refractivity contribution is 7.90. The summed E-state index contributed by atoms with van der Waals surface area (Å²) in [7, 11) is -3.41. The summed E-state index contributed by atoms with van der Waals surface area (Å²) in [6, 6.07) is 7.17. The summed E-state index contributed by atoms with van der Waals surface area (Å²) in [4.78, 5) is 32.9. The summed E-state index contributed by atoms with van der Waals surface area (Å²) in [5.41, 5.74) is 0.589. The van der Waals surface area contributed by atoms with Crippen LogP contribution in [0.5, 0.6) is 0 Å². The zero-order valence-electron chi connectivity index (χ0n) is 18.8. The maximum absolute atomic E-state index is 13.4. The molecule has 5 rings (SSSR count). The molecule has 1 aromatic carbocycles. The molecule has 1 aliphatic heterocycles. The average molecular weight is 501 g/mol. The highest BCUT2D eigenvalue weighted by Gasteiger charge is 2.49. The van der Waals surface area contributed by atoms with Gasteiger partial charge in [0, 0.05) is 6.26 Å². The van der Waals surface area contributed by atoms with Gasteiger partial charge in [0.15, 0.2) is 26.5 Å². The van der Waals surface area contributed by atoms with Crippen LogP contribution >= 0.6 is 11.3 Å². The molecule has 2 aliphatic rings. The molecule has 0 spiro atoms. The second kappa shape index (κ2) is 8.35. The molecule has 1 fully saturated rings. The van der Waals surface area contributed by atoms with Gasteiger partial charge in [-0.2, -0.15) is 0 Å². The monoisotopic (exact) mass is 500 g/mol. The predicted molar refractivity (Wildman–Crippen MR) is 128 cm³/mol. The molecule has 0 saturated heterocycles. The van der Waals surface area contributed by atoms with Gasteiger partial charge in [0.1, 0.15) is 5.76 Å². The fourth-order valence-electron chi connectivity index (χ4n) is 4.88. The number of thiazole rings is 1. The molecule has 1 unspecified atom stereocenters. The number of rotatable bonds is 5. The molecule has 1 atom stereocenters. The quantitative estimate of drug-likeness (QED) is 0.509. The Morgan fingerprint density at radius 3 is 2.56 bits per heavy atom. The fourth-order valence-corrected chi connectivity index (χ4v) is 6.65. The lowest BCUT2D eigenvalue weighted by Crippen LogP contribution is -2.42. The molecule has 1 amide bonds. The first-order chi connectivity index (χ1) is 16.1. The van der Waals surface area contributed by atoms with Crippen LogP contribution in [0.25, 0.3) is 10.2 Å². The van der Waals surface area contributed by atoms with Crippen molar-refractivity contribution in [3.63, 3.8) is 0 Å². The van der Waals surface area contributed by atoms with Crippen molar-refractivity contribution in [1.29, 1.82) is 0 Å². The number of benzene rings is 1. The number of fused-ring (bicyclic) bond motifs is 1. The number of carbonyl (C=O) groups excluding carboxylic acids is 2. The first-order valence-electron chi connectivity index (χ1n) is 11.1. The number of Topliss-reactive ketones (excluding diaryl/α,β-unsaturated/α-hetero) is 1. The summed E-state index contributed by atoms with van der Waals surface area (Å²) in [6.45, 7) is 1.72. The van der Waals surface area contributed by atoms with Crippen molar-refractivity contribution >= 4 is 48.2 Å². The Balaban J connectivity index is 1.61. The predicted octanol–water partition coefficient (Wildman–Crippen LogP) is 4.59. The number of amides is 1. The average Bonchev–Trinajstić information content (AvgIpc) is 3.49. The molecule has 1 N–H and O–H groups in total. The van der Waals surface area contributed by atoms with Crippen LogP contribution < -0.4 is 4.90 Å². The molecule has 2 aromatic heterocycles. The van der Waals surface area contributed by atoms with E-state index in [1.807, 2.05) is 0 Å². The third-order valence-electron chi connectivity index (χ3n) is 6.54. The minimum Gasteiger partial charge on any atom is -0.503 e. The maximum Gasteiger partial charge on any atom is 0.296 e. The van der Waals surface area contributed by atoms with Gasteiger partial charge < -0.3 is 9.52 Å². The Bertz CT molecular complexity index is 1440. The number of anilines is 1. The Labute approximate surface area is 200 Å². The smallest absolute Gasteiger partial charge is 0.296 e. The van der Waals surface area contributed by atoms with Crippen molar-refractivity contribution in [3.8, 4) is 0 Å². The molecular weight excluding hydrogens is 476 g/mol. The molecular formula is C24H24N2O6S2. The number of aliphatic hydroxyl groups excluding tert-OH is 1. The van der Waals surface area contributed by atoms with E-state index in [9.17, 15) is 23.1 Å². The van der Waals surface area contributed by atoms with E-state index in [4.69, 9.17) is 4.42 Å². The third kappa shape index (κ3) is 3.84. The zero-order chi connectivity index (χ0) is 24.2. The van der Waals surface area contributed by atoms with Crippen LogP contribution in [0.3, 0.4) is 0 Å². The third-order valence-corrected chi connectivity index (χ3v) is 8.67. The van der Waals surface area contributed by atoms with E-state index in [-0.39, 0.29) is 22.1 Å². The topological polar surface area (TPSA) is 118 Å². The summed E-state index contributed by atoms with van der Waals surface area (Å²) in [5, 5.41) is 11.2. The van der Waals surface area contributed by atoms with Gasteiger partial charge in [-0.05, 0) is 56.0 Å². The Morgan fingerprint density at radius 1 is 1.18 bits per heavy atom. The number of furan rings is 1. The number of sulfone groups is 1. The summed E-state index contributed by atoms with van der Waals surface area (Å²) >= 11 is 1.17. The molecule has 1 aliphatic carbocycles. The lowest BCUT2D eigenvalue weighted by Gasteiger charge is -2.33. The standard InChI is InChI=1S/C24H24N2O6S2/c1-13-8-11-17(32-13)21(27)19-20(14-6-4-3-5-7-14)26(23(29)22(19)28)24-25-16-10-9-15(34(2,30)31)12-18(16)33-24/h8-12,14,20,28H,3-7H2,1-2H3. The number of aliphatic hydroxyl groups is 1. The number of hydrogen-bond donors (Lipinski definition) is 1. The van der Waals surface area contributed by atoms with Gasteiger partial charge >= 0.3 is 0 Å². The van der Waals surface area contributed by atoms with E-state index in [0.29, 0.717) is 21.1 Å². The normalized spacial score (nSPS) is 20.0. The van der Waals surface area contributed by atoms with Gasteiger partial charge in [-0.25, -0.2) is 13.4 Å². The summed E-state index contributed by atoms with van der Waals surface area (Å²) in [6.07, 6.45) is 5.81. The number of aryl methyl sites for hydroxylation is 1. The molecule has 1 saturated carbocycles. The summed E-state index contributed by atoms with van der Waals surface area (Å²) in [5.74, 6) is -1.13. The minimum absolute atomic E-state index is 0.0176. The van der Waals surface area contributed by atoms with E-state index in [1.54, 1.807) is 25.1 Å². The van der Waals surface area contributed by atoms with E-state index >= 15 is 0 Å². The van der Waals surface area contributed by atoms with Crippen LogP contribution in [0.15, 0.2) is 51.0 Å². The van der Waals surface area contributed by atoms with Crippen molar-refractivity contribution in [2.24, 2.45) is 5.92 Å². The van der Waals surface area contributed by atoms with Gasteiger partial charge in [0.05, 0.1) is 26.7 Å². The Kier molecular flexibility index (Phi) is 5.60. The van der Waals surface area contributed by atoms with Gasteiger partial charge in [-0.3, -0.25) is 14.5 Å². The largest absolute Gasteiger partial charge is 0.503 e. The van der Waals surface area contributed by atoms with E-state index in [2.05, 4.69) is 4.98 Å². The lowest BCUT2D eigenvalue weighted by atomic mass is 9.80. The van der Waals surface area contributed by atoms with Crippen molar-refractivity contribution in [3.05, 3.63) is 53.2 Å². The molecule has 0 radical (unpaired) electrons. The molecule has 10 heteroatoms. The highest BCUT2D eigenvalue weighted by atomic mass is 32.2. The van der Waals surface area contributed by atoms with Crippen LogP contribution in [0.1, 0.15) is 48.4 Å². The molecule has 0 bridgehead atoms. The Morgan fingerprint density at radius 2 is 1.91 bits per heavy atom. The highest BCUT2D eigenvalue weighted by Crippen LogP contribution is 2.43. The summed E-state index contributed by atoms with van der Waals surface area (Å²) < 4.78 is 30.1. The van der Waals surface area contributed by atoms with Crippen LogP contribution in [0, 0.1) is 12.8 Å². The van der Waals surface area contributed by atoms with Gasteiger partial charge in [-0.1, -0.05) is 30.6 Å². The second-order valence-corrected chi connectivity index (χ2v) is 11.9. The van der Waals surface area contributed by atoms with Crippen LogP contribution in [-0.4, -0.2) is 42.5 Å². The van der Waals surface area contributed by atoms with Gasteiger partial charge in [-0.15, -0.1) is 0 Å². The first kappa shape index (κ1) is 22.8. The van der Waals surface area contributed by atoms with E-state index in [1.165, 1.54) is 28.4 Å². The van der Waals surface area contributed by atoms with Gasteiger partial charge in [0.25, 0.3) is 5.91 Å². The lowest BCUT2D eigenvalue weighted by molar-refractivity contribution is -0.117. The fraction of sp³-hybridized carbons (Fsp3) is 0.375. The molecule has 34 heavy (non-hydrogen) atoms. The molecule has 8 nitrogen and oxygen atoms in total. The van der Waals surface area contributed by atoms with Gasteiger partial charge in [0.2, 0.25) is 5.78 Å². The Hall–Kier alpha value is -2.98. The maximum atomic E-state index is 13.4. The van der Waals surface area contributed by atoms with Crippen molar-refractivity contribution in [2.45, 2.75) is 50.0 Å². The number of hydrogen-bond acceptors (Lipinski definition) is 8. The van der Waals surface area contributed by atoms with Crippen LogP contribution in [0.4, 0.5) is 5.13 Å². The number of ketones is 1. The first-order valence-corrected chi connectivity index (χ1v) is 13.8. The van der Waals surface area contributed by atoms with Crippen molar-refractivity contribution in [1.82, 2.24) is 4.98 Å². The number of carbonyl (C=O) groups is 2.